The maximum Gasteiger partial charge on any atom is 0.324 e. The smallest absolute Gasteiger partial charge is 0.319 e. The van der Waals surface area contributed by atoms with Crippen LogP contribution in [0.5, 0.6) is 0 Å². The third kappa shape index (κ3) is 3.30. The molecular formula is C15H13N5O3S. The second-order valence-corrected chi connectivity index (χ2v) is 6.05. The number of imidazole rings is 1. The van der Waals surface area contributed by atoms with E-state index in [0.717, 1.165) is 28.2 Å². The Morgan fingerprint density at radius 3 is 2.96 bits per heavy atom. The number of carbonyl (C=O) groups excluding carboxylic acids is 1. The molecule has 1 aromatic carbocycles. The number of benzene rings is 1. The summed E-state index contributed by atoms with van der Waals surface area (Å²) < 4.78 is 1.80. The van der Waals surface area contributed by atoms with Crippen molar-refractivity contribution in [3.05, 3.63) is 57.2 Å². The van der Waals surface area contributed by atoms with E-state index >= 15 is 0 Å². The van der Waals surface area contributed by atoms with Gasteiger partial charge in [-0.2, -0.15) is 5.10 Å². The van der Waals surface area contributed by atoms with Crippen LogP contribution in [0, 0.1) is 17.0 Å². The number of aromatic nitrogens is 2. The summed E-state index contributed by atoms with van der Waals surface area (Å²) in [6.45, 7) is 1.93. The molecule has 2 heterocycles. The van der Waals surface area contributed by atoms with Crippen molar-refractivity contribution in [2.45, 2.75) is 13.5 Å². The first-order valence-electron chi connectivity index (χ1n) is 7.02. The van der Waals surface area contributed by atoms with Crippen LogP contribution in [0.3, 0.4) is 0 Å². The first kappa shape index (κ1) is 15.8. The molecule has 0 atom stereocenters. The number of hydrogen-bond acceptors (Lipinski definition) is 6. The monoisotopic (exact) mass is 343 g/mol. The molecule has 0 saturated carbocycles. The van der Waals surface area contributed by atoms with Crippen LogP contribution in [0.4, 0.5) is 5.00 Å². The van der Waals surface area contributed by atoms with Crippen molar-refractivity contribution in [3.63, 3.8) is 0 Å². The zero-order valence-corrected chi connectivity index (χ0v) is 13.5. The van der Waals surface area contributed by atoms with Crippen molar-refractivity contribution in [2.75, 3.05) is 0 Å². The number of rotatable bonds is 5. The van der Waals surface area contributed by atoms with Crippen LogP contribution < -0.4 is 5.43 Å². The number of thiophene rings is 1. The van der Waals surface area contributed by atoms with Gasteiger partial charge in [-0.25, -0.2) is 10.4 Å². The summed E-state index contributed by atoms with van der Waals surface area (Å²) in [7, 11) is 0. The minimum Gasteiger partial charge on any atom is -0.319 e. The van der Waals surface area contributed by atoms with Crippen molar-refractivity contribution in [1.82, 2.24) is 15.0 Å². The van der Waals surface area contributed by atoms with Gasteiger partial charge in [-0.15, -0.1) is 0 Å². The summed E-state index contributed by atoms with van der Waals surface area (Å²) in [5.74, 6) is 0.438. The summed E-state index contributed by atoms with van der Waals surface area (Å²) in [6.07, 6.45) is 1.38. The van der Waals surface area contributed by atoms with E-state index in [1.807, 2.05) is 31.2 Å². The van der Waals surface area contributed by atoms with Crippen molar-refractivity contribution < 1.29 is 9.72 Å². The molecule has 8 nitrogen and oxygen atoms in total. The van der Waals surface area contributed by atoms with Gasteiger partial charge in [-0.05, 0) is 25.1 Å². The Bertz CT molecular complexity index is 944. The molecule has 0 aliphatic carbocycles. The molecule has 122 valence electrons. The highest BCUT2D eigenvalue weighted by Gasteiger charge is 2.10. The third-order valence-electron chi connectivity index (χ3n) is 3.32. The van der Waals surface area contributed by atoms with Gasteiger partial charge < -0.3 is 4.57 Å². The van der Waals surface area contributed by atoms with Gasteiger partial charge in [0.05, 0.1) is 27.0 Å². The van der Waals surface area contributed by atoms with Gasteiger partial charge in [0, 0.05) is 6.07 Å². The van der Waals surface area contributed by atoms with E-state index in [9.17, 15) is 14.9 Å². The lowest BCUT2D eigenvalue weighted by Crippen LogP contribution is -2.23. The summed E-state index contributed by atoms with van der Waals surface area (Å²) in [4.78, 5) is 27.2. The molecular weight excluding hydrogens is 330 g/mol. The molecule has 2 aromatic heterocycles. The molecule has 3 aromatic rings. The summed E-state index contributed by atoms with van der Waals surface area (Å²) in [5.41, 5.74) is 4.13. The SMILES string of the molecule is Cc1nc2ccccc2n1CC(=O)N/N=C/c1ccc([N+](=O)[O-])s1. The first-order chi connectivity index (χ1) is 11.5. The fraction of sp³-hybridized carbons (Fsp3) is 0.133. The van der Waals surface area contributed by atoms with E-state index in [0.29, 0.717) is 4.88 Å². The molecule has 0 spiro atoms. The molecule has 0 bridgehead atoms. The second-order valence-electron chi connectivity index (χ2n) is 4.96. The van der Waals surface area contributed by atoms with E-state index in [4.69, 9.17) is 0 Å². The fourth-order valence-corrected chi connectivity index (χ4v) is 2.95. The second kappa shape index (κ2) is 6.59. The van der Waals surface area contributed by atoms with Gasteiger partial charge in [0.1, 0.15) is 12.4 Å². The number of nitrogens with zero attached hydrogens (tertiary/aromatic N) is 4. The number of nitrogens with one attached hydrogen (secondary N) is 1. The lowest BCUT2D eigenvalue weighted by Gasteiger charge is -2.05. The van der Waals surface area contributed by atoms with Crippen LogP contribution in [0.1, 0.15) is 10.7 Å². The Labute approximate surface area is 140 Å². The van der Waals surface area contributed by atoms with E-state index in [1.54, 1.807) is 10.6 Å². The van der Waals surface area contributed by atoms with Gasteiger partial charge in [-0.3, -0.25) is 14.9 Å². The third-order valence-corrected chi connectivity index (χ3v) is 4.29. The van der Waals surface area contributed by atoms with Crippen molar-refractivity contribution >= 4 is 39.5 Å². The highest BCUT2D eigenvalue weighted by molar-refractivity contribution is 7.16. The molecule has 0 aliphatic rings. The van der Waals surface area contributed by atoms with Gasteiger partial charge in [0.25, 0.3) is 5.91 Å². The molecule has 3 rings (SSSR count). The zero-order chi connectivity index (χ0) is 17.1. The Kier molecular flexibility index (Phi) is 4.34. The highest BCUT2D eigenvalue weighted by Crippen LogP contribution is 2.22. The number of hydrazone groups is 1. The van der Waals surface area contributed by atoms with E-state index < -0.39 is 4.92 Å². The fourth-order valence-electron chi connectivity index (χ4n) is 2.25. The number of amides is 1. The zero-order valence-electron chi connectivity index (χ0n) is 12.7. The van der Waals surface area contributed by atoms with Crippen LogP contribution in [0.2, 0.25) is 0 Å². The average molecular weight is 343 g/mol. The Morgan fingerprint density at radius 1 is 1.42 bits per heavy atom. The van der Waals surface area contributed by atoms with Crippen molar-refractivity contribution in [3.8, 4) is 0 Å². The quantitative estimate of drug-likeness (QED) is 0.436. The summed E-state index contributed by atoms with van der Waals surface area (Å²) >= 11 is 0.987. The maximum absolute atomic E-state index is 12.0. The van der Waals surface area contributed by atoms with E-state index in [-0.39, 0.29) is 17.5 Å². The maximum atomic E-state index is 12.0. The van der Waals surface area contributed by atoms with Crippen LogP contribution in [-0.2, 0) is 11.3 Å². The van der Waals surface area contributed by atoms with Crippen LogP contribution in [0.15, 0.2) is 41.5 Å². The van der Waals surface area contributed by atoms with Gasteiger partial charge in [0.2, 0.25) is 0 Å². The lowest BCUT2D eigenvalue weighted by atomic mass is 10.3. The number of aryl methyl sites for hydroxylation is 1. The highest BCUT2D eigenvalue weighted by atomic mass is 32.1. The van der Waals surface area contributed by atoms with Crippen LogP contribution in [0.25, 0.3) is 11.0 Å². The van der Waals surface area contributed by atoms with E-state index in [1.165, 1.54) is 12.3 Å². The van der Waals surface area contributed by atoms with Crippen molar-refractivity contribution in [2.24, 2.45) is 5.10 Å². The predicted molar refractivity (Wildman–Crippen MR) is 91.2 cm³/mol. The molecule has 9 heteroatoms. The number of nitro groups is 1. The molecule has 0 aliphatic heterocycles. The summed E-state index contributed by atoms with van der Waals surface area (Å²) in [5, 5.41) is 14.5. The number of fused-ring (bicyclic) bond motifs is 1. The molecule has 1 amide bonds. The molecule has 0 fully saturated rings. The molecule has 1 N–H and O–H groups in total. The molecule has 0 saturated heterocycles. The lowest BCUT2D eigenvalue weighted by molar-refractivity contribution is -0.380. The first-order valence-corrected chi connectivity index (χ1v) is 7.84. The van der Waals surface area contributed by atoms with Crippen LogP contribution >= 0.6 is 11.3 Å². The number of carbonyl (C=O) groups is 1. The normalized spacial score (nSPS) is 11.2. The molecule has 24 heavy (non-hydrogen) atoms. The van der Waals surface area contributed by atoms with Gasteiger partial charge in [-0.1, -0.05) is 23.5 Å². The standard InChI is InChI=1S/C15H13N5O3S/c1-10-17-12-4-2-3-5-13(12)19(10)9-14(21)18-16-8-11-6-7-15(24-11)20(22)23/h2-8H,9H2,1H3,(H,18,21)/b16-8+. The van der Waals surface area contributed by atoms with E-state index in [2.05, 4.69) is 15.5 Å². The minimum atomic E-state index is -0.465. The number of para-hydroxylation sites is 2. The van der Waals surface area contributed by atoms with Gasteiger partial charge in [0.15, 0.2) is 0 Å². The Balaban J connectivity index is 1.65. The Hall–Kier alpha value is -3.07. The molecule has 0 unspecified atom stereocenters. The molecule has 0 radical (unpaired) electrons. The van der Waals surface area contributed by atoms with Crippen LogP contribution in [-0.4, -0.2) is 26.6 Å². The predicted octanol–water partition coefficient (Wildman–Crippen LogP) is 2.46. The Morgan fingerprint density at radius 2 is 2.21 bits per heavy atom. The largest absolute Gasteiger partial charge is 0.324 e. The van der Waals surface area contributed by atoms with Crippen molar-refractivity contribution in [1.29, 1.82) is 0 Å². The number of hydrogen-bond donors (Lipinski definition) is 1. The average Bonchev–Trinajstić information content (AvgIpc) is 3.13. The van der Waals surface area contributed by atoms with Gasteiger partial charge >= 0.3 is 5.00 Å². The summed E-state index contributed by atoms with van der Waals surface area (Å²) in [6, 6.07) is 10.5. The topological polar surface area (TPSA) is 102 Å². The minimum absolute atomic E-state index is 0.0308.